The summed E-state index contributed by atoms with van der Waals surface area (Å²) in [6.07, 6.45) is 0. The first-order valence-electron chi connectivity index (χ1n) is 15.3. The van der Waals surface area contributed by atoms with Gasteiger partial charge in [0.05, 0.1) is 0 Å². The molecular formula is C35H59Cl2CoN3. The fourth-order valence-electron chi connectivity index (χ4n) is 5.18. The van der Waals surface area contributed by atoms with Crippen molar-refractivity contribution in [3.05, 3.63) is 57.6 Å². The Hall–Kier alpha value is -0.914. The van der Waals surface area contributed by atoms with E-state index in [9.17, 15) is 0 Å². The molecule has 0 spiro atoms. The molecule has 0 fully saturated rings. The van der Waals surface area contributed by atoms with E-state index in [4.69, 9.17) is 0 Å². The summed E-state index contributed by atoms with van der Waals surface area (Å²) in [5.41, 5.74) is 11.4. The van der Waals surface area contributed by atoms with E-state index in [0.29, 0.717) is 35.5 Å². The first kappa shape index (κ1) is 42.2. The van der Waals surface area contributed by atoms with E-state index in [1.54, 1.807) is 0 Å². The van der Waals surface area contributed by atoms with Gasteiger partial charge in [0.25, 0.3) is 0 Å². The largest absolute Gasteiger partial charge is 2.00 e. The van der Waals surface area contributed by atoms with Gasteiger partial charge in [0.1, 0.15) is 0 Å². The van der Waals surface area contributed by atoms with E-state index in [0.717, 1.165) is 26.2 Å². The average molecular weight is 652 g/mol. The molecule has 0 atom stereocenters. The number of likely N-dealkylation sites (N-methyl/N-ethyl adjacent to an activating group) is 1. The maximum atomic E-state index is 3.85. The van der Waals surface area contributed by atoms with Crippen molar-refractivity contribution in [3.8, 4) is 0 Å². The second kappa shape index (κ2) is 19.4. The van der Waals surface area contributed by atoms with Gasteiger partial charge in [0, 0.05) is 37.6 Å². The third kappa shape index (κ3) is 11.9. The molecule has 2 rings (SSSR count). The molecule has 0 aliphatic carbocycles. The molecule has 0 saturated carbocycles. The molecule has 237 valence electrons. The topological polar surface area (TPSA) is 27.3 Å². The normalized spacial score (nSPS) is 11.4. The number of hydrogen-bond donors (Lipinski definition) is 2. The summed E-state index contributed by atoms with van der Waals surface area (Å²) < 4.78 is 0. The second-order valence-corrected chi connectivity index (χ2v) is 13.2. The van der Waals surface area contributed by atoms with Gasteiger partial charge in [0.2, 0.25) is 0 Å². The van der Waals surface area contributed by atoms with E-state index in [1.165, 1.54) is 44.8 Å². The fourth-order valence-corrected chi connectivity index (χ4v) is 5.18. The molecule has 2 aromatic carbocycles. The second-order valence-electron chi connectivity index (χ2n) is 13.2. The van der Waals surface area contributed by atoms with Gasteiger partial charge in [0.15, 0.2) is 0 Å². The van der Waals surface area contributed by atoms with Crippen LogP contribution in [0.4, 0.5) is 11.4 Å². The van der Waals surface area contributed by atoms with Gasteiger partial charge in [-0.3, -0.25) is 0 Å². The SMILES string of the molecule is CC(C)c1cc(C(C)C)c(NCCN(C)CCNc2c(C(C)C)cc(C(C)C)cc2C(C)C)c(C(C)C)c1.[Cl-].[Cl-].[Co+2]. The van der Waals surface area contributed by atoms with Crippen LogP contribution < -0.4 is 35.4 Å². The third-order valence-corrected chi connectivity index (χ3v) is 7.86. The number of rotatable bonds is 14. The Labute approximate surface area is 276 Å². The first-order valence-corrected chi connectivity index (χ1v) is 15.3. The number of hydrogen-bond acceptors (Lipinski definition) is 3. The van der Waals surface area contributed by atoms with Crippen molar-refractivity contribution in [2.45, 2.75) is 119 Å². The summed E-state index contributed by atoms with van der Waals surface area (Å²) in [5.74, 6) is 3.11. The fraction of sp³-hybridized carbons (Fsp3) is 0.657. The van der Waals surface area contributed by atoms with Crippen LogP contribution in [0.5, 0.6) is 0 Å². The number of halogens is 2. The molecule has 0 amide bonds. The van der Waals surface area contributed by atoms with Crippen LogP contribution in [0.3, 0.4) is 0 Å². The third-order valence-electron chi connectivity index (χ3n) is 7.86. The zero-order chi connectivity index (χ0) is 28.7. The summed E-state index contributed by atoms with van der Waals surface area (Å²) in [6.45, 7) is 31.7. The van der Waals surface area contributed by atoms with Crippen LogP contribution in [-0.4, -0.2) is 38.1 Å². The quantitative estimate of drug-likeness (QED) is 0.325. The molecule has 3 nitrogen and oxygen atoms in total. The summed E-state index contributed by atoms with van der Waals surface area (Å²) in [5, 5.41) is 7.71. The van der Waals surface area contributed by atoms with Gasteiger partial charge in [-0.25, -0.2) is 0 Å². The van der Waals surface area contributed by atoms with Gasteiger partial charge < -0.3 is 40.3 Å². The molecule has 0 aromatic heterocycles. The average Bonchev–Trinajstić information content (AvgIpc) is 2.82. The molecule has 2 aromatic rings. The van der Waals surface area contributed by atoms with Crippen molar-refractivity contribution in [1.29, 1.82) is 0 Å². The molecule has 0 heterocycles. The minimum absolute atomic E-state index is 0. The first-order chi connectivity index (χ1) is 17.7. The Balaban J connectivity index is 0. The van der Waals surface area contributed by atoms with E-state index in [-0.39, 0.29) is 41.6 Å². The molecule has 0 aliphatic heterocycles. The van der Waals surface area contributed by atoms with Crippen molar-refractivity contribution in [1.82, 2.24) is 4.90 Å². The minimum Gasteiger partial charge on any atom is -1.00 e. The van der Waals surface area contributed by atoms with E-state index in [2.05, 4.69) is 130 Å². The predicted octanol–water partition coefficient (Wildman–Crippen LogP) is 3.89. The Morgan fingerprint density at radius 3 is 0.927 bits per heavy atom. The van der Waals surface area contributed by atoms with Crippen molar-refractivity contribution in [3.63, 3.8) is 0 Å². The van der Waals surface area contributed by atoms with Gasteiger partial charge in [-0.1, -0.05) is 107 Å². The molecule has 0 bridgehead atoms. The molecule has 0 saturated heterocycles. The van der Waals surface area contributed by atoms with Gasteiger partial charge in [-0.15, -0.1) is 0 Å². The maximum Gasteiger partial charge on any atom is 2.00 e. The number of benzene rings is 2. The Kier molecular flexibility index (Phi) is 20.0. The van der Waals surface area contributed by atoms with Crippen LogP contribution in [0.25, 0.3) is 0 Å². The number of anilines is 2. The summed E-state index contributed by atoms with van der Waals surface area (Å²) in [4.78, 5) is 2.44. The Bertz CT molecular complexity index is 893. The van der Waals surface area contributed by atoms with Crippen LogP contribution in [0.15, 0.2) is 24.3 Å². The zero-order valence-corrected chi connectivity index (χ0v) is 30.7. The molecule has 6 heteroatoms. The smallest absolute Gasteiger partial charge is 1.00 e. The zero-order valence-electron chi connectivity index (χ0n) is 28.1. The summed E-state index contributed by atoms with van der Waals surface area (Å²) in [6, 6.07) is 9.72. The Morgan fingerprint density at radius 1 is 0.488 bits per heavy atom. The summed E-state index contributed by atoms with van der Waals surface area (Å²) in [7, 11) is 2.24. The van der Waals surface area contributed by atoms with E-state index >= 15 is 0 Å². The predicted molar refractivity (Wildman–Crippen MR) is 172 cm³/mol. The Morgan fingerprint density at radius 2 is 0.732 bits per heavy atom. The van der Waals surface area contributed by atoms with Crippen LogP contribution >= 0.6 is 0 Å². The maximum absolute atomic E-state index is 3.85. The van der Waals surface area contributed by atoms with Crippen LogP contribution in [0.1, 0.15) is 152 Å². The van der Waals surface area contributed by atoms with Crippen molar-refractivity contribution in [2.75, 3.05) is 43.9 Å². The van der Waals surface area contributed by atoms with Crippen LogP contribution in [0, 0.1) is 0 Å². The van der Waals surface area contributed by atoms with Crippen molar-refractivity contribution >= 4 is 11.4 Å². The van der Waals surface area contributed by atoms with Crippen LogP contribution in [-0.2, 0) is 16.8 Å². The van der Waals surface area contributed by atoms with Crippen molar-refractivity contribution in [2.24, 2.45) is 0 Å². The van der Waals surface area contributed by atoms with E-state index < -0.39 is 0 Å². The molecule has 0 unspecified atom stereocenters. The van der Waals surface area contributed by atoms with Gasteiger partial charge >= 0.3 is 16.8 Å². The van der Waals surface area contributed by atoms with Gasteiger partial charge in [-0.2, -0.15) is 0 Å². The van der Waals surface area contributed by atoms with Crippen molar-refractivity contribution < 1.29 is 41.6 Å². The minimum atomic E-state index is 0. The standard InChI is InChI=1S/C35H59N3.2ClH.Co/c1-22(2)28-18-30(24(5)6)34(31(19-28)25(7)8)36-14-16-38(13)17-15-37-35-32(26(9)10)20-29(23(3)4)21-33(35)27(11)12;;;/h18-27,36-37H,14-17H2,1-13H3;2*1H;/q;;;+2/p-2. The number of nitrogens with zero attached hydrogens (tertiary/aromatic N) is 1. The van der Waals surface area contributed by atoms with Gasteiger partial charge in [-0.05, 0) is 75.9 Å². The molecule has 1 radical (unpaired) electrons. The number of nitrogens with one attached hydrogen (secondary N) is 2. The molecule has 41 heavy (non-hydrogen) atoms. The molecule has 0 aliphatic rings. The van der Waals surface area contributed by atoms with E-state index in [1.807, 2.05) is 0 Å². The molecule has 2 N–H and O–H groups in total. The summed E-state index contributed by atoms with van der Waals surface area (Å²) >= 11 is 0. The molecular weight excluding hydrogens is 592 g/mol. The monoisotopic (exact) mass is 650 g/mol. The van der Waals surface area contributed by atoms with Crippen LogP contribution in [0.2, 0.25) is 0 Å².